The lowest BCUT2D eigenvalue weighted by molar-refractivity contribution is -0.123. The summed E-state index contributed by atoms with van der Waals surface area (Å²) in [5.74, 6) is -0.0768. The highest BCUT2D eigenvalue weighted by Gasteiger charge is 2.16. The molecule has 0 aliphatic rings. The lowest BCUT2D eigenvalue weighted by Crippen LogP contribution is -2.28. The van der Waals surface area contributed by atoms with E-state index >= 15 is 0 Å². The van der Waals surface area contributed by atoms with Gasteiger partial charge in [-0.05, 0) is 36.2 Å². The van der Waals surface area contributed by atoms with Crippen molar-refractivity contribution in [2.45, 2.75) is 24.9 Å². The summed E-state index contributed by atoms with van der Waals surface area (Å²) in [4.78, 5) is 12.0. The number of aryl methyl sites for hydroxylation is 1. The Hall–Kier alpha value is -2.87. The average Bonchev–Trinajstić information content (AvgIpc) is 2.77. The van der Waals surface area contributed by atoms with Gasteiger partial charge in [0.25, 0.3) is 5.91 Å². The first kappa shape index (κ1) is 22.8. The van der Waals surface area contributed by atoms with Crippen LogP contribution in [0.4, 0.5) is 0 Å². The molecule has 31 heavy (non-hydrogen) atoms. The van der Waals surface area contributed by atoms with Gasteiger partial charge in [0.15, 0.2) is 6.61 Å². The fraction of sp³-hybridized carbons (Fsp3) is 0.174. The maximum Gasteiger partial charge on any atom is 0.258 e. The summed E-state index contributed by atoms with van der Waals surface area (Å²) < 4.78 is 33.0. The lowest BCUT2D eigenvalue weighted by atomic mass is 10.1. The van der Waals surface area contributed by atoms with Gasteiger partial charge in [0, 0.05) is 13.1 Å². The second kappa shape index (κ2) is 10.4. The number of halogens is 1. The number of benzene rings is 3. The highest BCUT2D eigenvalue weighted by Crippen LogP contribution is 2.27. The lowest BCUT2D eigenvalue weighted by Gasteiger charge is -2.11. The Bertz CT molecular complexity index is 1130. The molecule has 0 unspecified atom stereocenters. The first-order chi connectivity index (χ1) is 14.8. The number of amides is 1. The maximum absolute atomic E-state index is 12.5. The third-order valence-electron chi connectivity index (χ3n) is 4.49. The quantitative estimate of drug-likeness (QED) is 0.510. The summed E-state index contributed by atoms with van der Waals surface area (Å²) in [7, 11) is -3.74. The Balaban J connectivity index is 1.53. The fourth-order valence-corrected chi connectivity index (χ4v) is 4.07. The number of rotatable bonds is 9. The van der Waals surface area contributed by atoms with Crippen LogP contribution in [-0.2, 0) is 27.9 Å². The number of nitrogens with one attached hydrogen (secondary N) is 2. The van der Waals surface area contributed by atoms with E-state index in [4.69, 9.17) is 16.3 Å². The number of sulfonamides is 1. The molecule has 0 bridgehead atoms. The van der Waals surface area contributed by atoms with Crippen LogP contribution >= 0.6 is 11.6 Å². The summed E-state index contributed by atoms with van der Waals surface area (Å²) >= 11 is 6.17. The molecule has 0 aliphatic carbocycles. The molecule has 0 saturated heterocycles. The molecule has 3 aromatic rings. The van der Waals surface area contributed by atoms with E-state index in [-0.39, 0.29) is 34.7 Å². The van der Waals surface area contributed by atoms with Gasteiger partial charge in [-0.25, -0.2) is 13.1 Å². The topological polar surface area (TPSA) is 84.5 Å². The molecule has 1 amide bonds. The normalized spacial score (nSPS) is 11.2. The van der Waals surface area contributed by atoms with Crippen LogP contribution < -0.4 is 14.8 Å². The smallest absolute Gasteiger partial charge is 0.258 e. The Morgan fingerprint density at radius 1 is 0.935 bits per heavy atom. The largest absolute Gasteiger partial charge is 0.482 e. The van der Waals surface area contributed by atoms with Gasteiger partial charge in [0.1, 0.15) is 5.75 Å². The zero-order chi connectivity index (χ0) is 22.3. The van der Waals surface area contributed by atoms with E-state index in [0.717, 1.165) is 16.7 Å². The van der Waals surface area contributed by atoms with Crippen LogP contribution in [-0.4, -0.2) is 20.9 Å². The molecular formula is C23H23ClN2O4S. The number of carbonyl (C=O) groups is 1. The molecule has 162 valence electrons. The van der Waals surface area contributed by atoms with Crippen molar-refractivity contribution in [3.8, 4) is 5.75 Å². The van der Waals surface area contributed by atoms with E-state index in [1.807, 2.05) is 61.5 Å². The fourth-order valence-electron chi connectivity index (χ4n) is 2.72. The second-order valence-corrected chi connectivity index (χ2v) is 9.13. The van der Waals surface area contributed by atoms with Crippen LogP contribution in [0.2, 0.25) is 5.02 Å². The first-order valence-electron chi connectivity index (χ1n) is 9.62. The van der Waals surface area contributed by atoms with Crippen LogP contribution in [0.25, 0.3) is 0 Å². The standard InChI is InChI=1S/C23H23ClN2O4S/c1-17-7-9-19(10-8-17)14-25-23(27)16-30-22-12-11-20(13-21(22)24)31(28,29)26-15-18-5-3-2-4-6-18/h2-13,26H,14-16H2,1H3,(H,25,27). The summed E-state index contributed by atoms with van der Waals surface area (Å²) in [6, 6.07) is 21.2. The SMILES string of the molecule is Cc1ccc(CNC(=O)COc2ccc(S(=O)(=O)NCc3ccccc3)cc2Cl)cc1. The van der Waals surface area contributed by atoms with Crippen molar-refractivity contribution in [1.29, 1.82) is 0 Å². The molecule has 0 saturated carbocycles. The molecule has 8 heteroatoms. The molecule has 2 N–H and O–H groups in total. The Morgan fingerprint density at radius 3 is 2.29 bits per heavy atom. The molecule has 0 fully saturated rings. The van der Waals surface area contributed by atoms with Gasteiger partial charge >= 0.3 is 0 Å². The summed E-state index contributed by atoms with van der Waals surface area (Å²) in [5.41, 5.74) is 2.97. The van der Waals surface area contributed by atoms with Crippen LogP contribution in [0.15, 0.2) is 77.7 Å². The predicted octanol–water partition coefficient (Wildman–Crippen LogP) is 3.82. The van der Waals surface area contributed by atoms with Gasteiger partial charge in [-0.3, -0.25) is 4.79 Å². The number of ether oxygens (including phenoxy) is 1. The van der Waals surface area contributed by atoms with Gasteiger partial charge < -0.3 is 10.1 Å². The van der Waals surface area contributed by atoms with Crippen LogP contribution in [0.1, 0.15) is 16.7 Å². The van der Waals surface area contributed by atoms with Crippen molar-refractivity contribution in [3.63, 3.8) is 0 Å². The molecule has 0 spiro atoms. The van der Waals surface area contributed by atoms with E-state index < -0.39 is 10.0 Å². The molecule has 0 atom stereocenters. The monoisotopic (exact) mass is 458 g/mol. The van der Waals surface area contributed by atoms with E-state index in [2.05, 4.69) is 10.0 Å². The van der Waals surface area contributed by atoms with E-state index in [0.29, 0.717) is 6.54 Å². The van der Waals surface area contributed by atoms with Gasteiger partial charge in [-0.15, -0.1) is 0 Å². The van der Waals surface area contributed by atoms with Crippen LogP contribution in [0.3, 0.4) is 0 Å². The summed E-state index contributed by atoms with van der Waals surface area (Å²) in [6.07, 6.45) is 0. The Morgan fingerprint density at radius 2 is 1.61 bits per heavy atom. The molecule has 0 radical (unpaired) electrons. The molecular weight excluding hydrogens is 436 g/mol. The zero-order valence-electron chi connectivity index (χ0n) is 17.0. The Kier molecular flexibility index (Phi) is 7.68. The number of carbonyl (C=O) groups excluding carboxylic acids is 1. The molecule has 0 heterocycles. The third-order valence-corrected chi connectivity index (χ3v) is 6.19. The van der Waals surface area contributed by atoms with Gasteiger partial charge in [0.05, 0.1) is 9.92 Å². The predicted molar refractivity (Wildman–Crippen MR) is 120 cm³/mol. The minimum atomic E-state index is -3.74. The third kappa shape index (κ3) is 6.82. The van der Waals surface area contributed by atoms with Crippen molar-refractivity contribution in [1.82, 2.24) is 10.0 Å². The van der Waals surface area contributed by atoms with E-state index in [9.17, 15) is 13.2 Å². The molecule has 0 aliphatic heterocycles. The van der Waals surface area contributed by atoms with Crippen molar-refractivity contribution < 1.29 is 17.9 Å². The van der Waals surface area contributed by atoms with E-state index in [1.165, 1.54) is 18.2 Å². The van der Waals surface area contributed by atoms with Crippen molar-refractivity contribution in [2.75, 3.05) is 6.61 Å². The number of hydrogen-bond acceptors (Lipinski definition) is 4. The summed E-state index contributed by atoms with van der Waals surface area (Å²) in [6.45, 7) is 2.32. The minimum Gasteiger partial charge on any atom is -0.482 e. The highest BCUT2D eigenvalue weighted by molar-refractivity contribution is 7.89. The van der Waals surface area contributed by atoms with Crippen molar-refractivity contribution >= 4 is 27.5 Å². The van der Waals surface area contributed by atoms with Crippen molar-refractivity contribution in [3.05, 3.63) is 94.5 Å². The maximum atomic E-state index is 12.5. The van der Waals surface area contributed by atoms with Gasteiger partial charge in [0.2, 0.25) is 10.0 Å². The van der Waals surface area contributed by atoms with Gasteiger partial charge in [-0.1, -0.05) is 71.8 Å². The van der Waals surface area contributed by atoms with Gasteiger partial charge in [-0.2, -0.15) is 0 Å². The minimum absolute atomic E-state index is 0.0182. The number of hydrogen-bond donors (Lipinski definition) is 2. The van der Waals surface area contributed by atoms with Crippen molar-refractivity contribution in [2.24, 2.45) is 0 Å². The second-order valence-electron chi connectivity index (χ2n) is 6.95. The first-order valence-corrected chi connectivity index (χ1v) is 11.5. The van der Waals surface area contributed by atoms with E-state index in [1.54, 1.807) is 0 Å². The summed E-state index contributed by atoms with van der Waals surface area (Å²) in [5, 5.41) is 2.87. The molecule has 6 nitrogen and oxygen atoms in total. The zero-order valence-corrected chi connectivity index (χ0v) is 18.5. The molecule has 3 rings (SSSR count). The Labute approximate surface area is 187 Å². The van der Waals surface area contributed by atoms with Crippen LogP contribution in [0.5, 0.6) is 5.75 Å². The van der Waals surface area contributed by atoms with Crippen LogP contribution in [0, 0.1) is 6.92 Å². The molecule has 3 aromatic carbocycles. The highest BCUT2D eigenvalue weighted by atomic mass is 35.5. The average molecular weight is 459 g/mol. The molecule has 0 aromatic heterocycles.